The minimum atomic E-state index is -3.74. The molecule has 0 aliphatic carbocycles. The molecule has 0 aliphatic rings. The van der Waals surface area contributed by atoms with Crippen LogP contribution >= 0.6 is 11.6 Å². The van der Waals surface area contributed by atoms with Gasteiger partial charge in [-0.2, -0.15) is 0 Å². The van der Waals surface area contributed by atoms with Crippen molar-refractivity contribution in [3.8, 4) is 0 Å². The SMILES string of the molecule is CCCNCc1cc(S(=O)(=O)NC(C)CC)cc(F)c1Cl. The van der Waals surface area contributed by atoms with Crippen molar-refractivity contribution < 1.29 is 12.8 Å². The summed E-state index contributed by atoms with van der Waals surface area (Å²) in [6.45, 7) is 6.71. The van der Waals surface area contributed by atoms with E-state index in [1.165, 1.54) is 6.07 Å². The van der Waals surface area contributed by atoms with E-state index in [9.17, 15) is 12.8 Å². The predicted molar refractivity (Wildman–Crippen MR) is 83.5 cm³/mol. The lowest BCUT2D eigenvalue weighted by atomic mass is 10.2. The van der Waals surface area contributed by atoms with E-state index in [-0.39, 0.29) is 16.0 Å². The van der Waals surface area contributed by atoms with Crippen LogP contribution in [0.3, 0.4) is 0 Å². The van der Waals surface area contributed by atoms with Crippen LogP contribution in [0.4, 0.5) is 4.39 Å². The zero-order chi connectivity index (χ0) is 16.0. The topological polar surface area (TPSA) is 58.2 Å². The molecule has 0 heterocycles. The molecule has 2 N–H and O–H groups in total. The number of hydrogen-bond donors (Lipinski definition) is 2. The first-order chi connectivity index (χ1) is 9.81. The summed E-state index contributed by atoms with van der Waals surface area (Å²) in [6.07, 6.45) is 1.58. The van der Waals surface area contributed by atoms with Crippen LogP contribution in [-0.2, 0) is 16.6 Å². The Labute approximate surface area is 131 Å². The van der Waals surface area contributed by atoms with Crippen molar-refractivity contribution in [2.75, 3.05) is 6.54 Å². The maximum atomic E-state index is 13.8. The van der Waals surface area contributed by atoms with Crippen LogP contribution in [0, 0.1) is 5.82 Å². The van der Waals surface area contributed by atoms with Gasteiger partial charge in [0, 0.05) is 12.6 Å². The molecular weight excluding hydrogens is 315 g/mol. The number of nitrogens with one attached hydrogen (secondary N) is 2. The molecule has 4 nitrogen and oxygen atoms in total. The highest BCUT2D eigenvalue weighted by Gasteiger charge is 2.20. The minimum Gasteiger partial charge on any atom is -0.313 e. The number of hydrogen-bond acceptors (Lipinski definition) is 3. The van der Waals surface area contributed by atoms with Crippen LogP contribution in [0.15, 0.2) is 17.0 Å². The second-order valence-electron chi connectivity index (χ2n) is 4.99. The lowest BCUT2D eigenvalue weighted by Crippen LogP contribution is -2.32. The molecule has 1 atom stereocenters. The molecule has 0 radical (unpaired) electrons. The molecule has 0 aromatic heterocycles. The zero-order valence-electron chi connectivity index (χ0n) is 12.5. The quantitative estimate of drug-likeness (QED) is 0.717. The van der Waals surface area contributed by atoms with Crippen LogP contribution < -0.4 is 10.0 Å². The summed E-state index contributed by atoms with van der Waals surface area (Å²) < 4.78 is 40.8. The molecule has 0 spiro atoms. The molecule has 0 saturated carbocycles. The summed E-state index contributed by atoms with van der Waals surface area (Å²) in [4.78, 5) is -0.0991. The Hall–Kier alpha value is -0.690. The lowest BCUT2D eigenvalue weighted by Gasteiger charge is -2.14. The molecule has 21 heavy (non-hydrogen) atoms. The highest BCUT2D eigenvalue weighted by Crippen LogP contribution is 2.24. The van der Waals surface area contributed by atoms with Gasteiger partial charge in [-0.05, 0) is 44.0 Å². The first-order valence-electron chi connectivity index (χ1n) is 7.02. The van der Waals surface area contributed by atoms with E-state index in [1.54, 1.807) is 6.92 Å². The second kappa shape index (κ2) is 8.08. The molecule has 0 amide bonds. The van der Waals surface area contributed by atoms with Crippen molar-refractivity contribution in [3.05, 3.63) is 28.5 Å². The molecule has 0 aliphatic heterocycles. The van der Waals surface area contributed by atoms with Gasteiger partial charge in [-0.3, -0.25) is 0 Å². The minimum absolute atomic E-state index is 0.0407. The summed E-state index contributed by atoms with van der Waals surface area (Å²) in [5.41, 5.74) is 0.439. The predicted octanol–water partition coefficient (Wildman–Crippen LogP) is 3.06. The van der Waals surface area contributed by atoms with Crippen LogP contribution in [-0.4, -0.2) is 21.0 Å². The van der Waals surface area contributed by atoms with Crippen LogP contribution in [0.5, 0.6) is 0 Å². The van der Waals surface area contributed by atoms with Gasteiger partial charge in [0.05, 0.1) is 9.92 Å². The summed E-state index contributed by atoms with van der Waals surface area (Å²) in [6, 6.07) is 2.16. The summed E-state index contributed by atoms with van der Waals surface area (Å²) in [7, 11) is -3.74. The Balaban J connectivity index is 3.08. The average Bonchev–Trinajstić information content (AvgIpc) is 2.42. The third-order valence-electron chi connectivity index (χ3n) is 3.10. The molecule has 1 aromatic rings. The van der Waals surface area contributed by atoms with Crippen molar-refractivity contribution >= 4 is 21.6 Å². The Kier molecular flexibility index (Phi) is 7.06. The Bertz CT molecular complexity index is 579. The van der Waals surface area contributed by atoms with Crippen molar-refractivity contribution in [2.24, 2.45) is 0 Å². The van der Waals surface area contributed by atoms with Gasteiger partial charge in [0.2, 0.25) is 10.0 Å². The number of sulfonamides is 1. The van der Waals surface area contributed by atoms with Crippen molar-refractivity contribution in [1.29, 1.82) is 0 Å². The van der Waals surface area contributed by atoms with Gasteiger partial charge in [-0.1, -0.05) is 25.4 Å². The summed E-state index contributed by atoms with van der Waals surface area (Å²) in [5, 5.41) is 3.04. The molecule has 120 valence electrons. The molecule has 0 saturated heterocycles. The molecule has 1 aromatic carbocycles. The van der Waals surface area contributed by atoms with Gasteiger partial charge in [-0.15, -0.1) is 0 Å². The summed E-state index contributed by atoms with van der Waals surface area (Å²) in [5.74, 6) is -0.725. The van der Waals surface area contributed by atoms with Gasteiger partial charge >= 0.3 is 0 Å². The first kappa shape index (κ1) is 18.4. The second-order valence-corrected chi connectivity index (χ2v) is 7.08. The monoisotopic (exact) mass is 336 g/mol. The van der Waals surface area contributed by atoms with Crippen LogP contribution in [0.2, 0.25) is 5.02 Å². The Morgan fingerprint density at radius 2 is 2.00 bits per heavy atom. The van der Waals surface area contributed by atoms with Gasteiger partial charge in [0.15, 0.2) is 0 Å². The fraction of sp³-hybridized carbons (Fsp3) is 0.571. The Morgan fingerprint density at radius 1 is 1.33 bits per heavy atom. The van der Waals surface area contributed by atoms with Crippen molar-refractivity contribution in [2.45, 2.75) is 51.1 Å². The van der Waals surface area contributed by atoms with E-state index in [4.69, 9.17) is 11.6 Å². The maximum absolute atomic E-state index is 13.8. The highest BCUT2D eigenvalue weighted by molar-refractivity contribution is 7.89. The summed E-state index contributed by atoms with van der Waals surface area (Å²) >= 11 is 5.90. The maximum Gasteiger partial charge on any atom is 0.240 e. The lowest BCUT2D eigenvalue weighted by molar-refractivity contribution is 0.553. The van der Waals surface area contributed by atoms with Gasteiger partial charge in [-0.25, -0.2) is 17.5 Å². The zero-order valence-corrected chi connectivity index (χ0v) is 14.1. The van der Waals surface area contributed by atoms with Crippen LogP contribution in [0.1, 0.15) is 39.2 Å². The number of benzene rings is 1. The van der Waals surface area contributed by atoms with Gasteiger partial charge in [0.25, 0.3) is 0 Å². The van der Waals surface area contributed by atoms with Crippen molar-refractivity contribution in [1.82, 2.24) is 10.0 Å². The average molecular weight is 337 g/mol. The van der Waals surface area contributed by atoms with Gasteiger partial charge in [0.1, 0.15) is 5.82 Å². The number of rotatable bonds is 8. The third-order valence-corrected chi connectivity index (χ3v) is 5.09. The molecule has 1 rings (SSSR count). The highest BCUT2D eigenvalue weighted by atomic mass is 35.5. The molecular formula is C14H22ClFN2O2S. The van der Waals surface area contributed by atoms with E-state index >= 15 is 0 Å². The molecule has 0 fully saturated rings. The third kappa shape index (κ3) is 5.21. The standard InChI is InChI=1S/C14H22ClFN2O2S/c1-4-6-17-9-11-7-12(8-13(16)14(11)15)21(19,20)18-10(3)5-2/h7-8,10,17-18H,4-6,9H2,1-3H3. The van der Waals surface area contributed by atoms with E-state index in [1.807, 2.05) is 13.8 Å². The van der Waals surface area contributed by atoms with Gasteiger partial charge < -0.3 is 5.32 Å². The van der Waals surface area contributed by atoms with Crippen LogP contribution in [0.25, 0.3) is 0 Å². The van der Waals surface area contributed by atoms with E-state index in [2.05, 4.69) is 10.0 Å². The van der Waals surface area contributed by atoms with E-state index in [0.717, 1.165) is 19.0 Å². The van der Waals surface area contributed by atoms with E-state index in [0.29, 0.717) is 18.5 Å². The number of halogens is 2. The molecule has 7 heteroatoms. The van der Waals surface area contributed by atoms with Crippen molar-refractivity contribution in [3.63, 3.8) is 0 Å². The largest absolute Gasteiger partial charge is 0.313 e. The normalized spacial score (nSPS) is 13.4. The van der Waals surface area contributed by atoms with E-state index < -0.39 is 15.8 Å². The fourth-order valence-corrected chi connectivity index (χ4v) is 3.28. The smallest absolute Gasteiger partial charge is 0.240 e. The molecule has 0 bridgehead atoms. The fourth-order valence-electron chi connectivity index (χ4n) is 1.72. The Morgan fingerprint density at radius 3 is 2.57 bits per heavy atom. The first-order valence-corrected chi connectivity index (χ1v) is 8.88. The molecule has 1 unspecified atom stereocenters.